The maximum Gasteiger partial charge on any atom is 0.124 e. The molecule has 0 spiro atoms. The fraction of sp³-hybridized carbons (Fsp3) is 0.294. The molecule has 2 aromatic rings. The van der Waals surface area contributed by atoms with Gasteiger partial charge in [0, 0.05) is 16.2 Å². The Morgan fingerprint density at radius 2 is 2.00 bits per heavy atom. The third-order valence-electron chi connectivity index (χ3n) is 3.99. The molecule has 0 radical (unpaired) electrons. The minimum absolute atomic E-state index is 0.227. The number of halogens is 2. The van der Waals surface area contributed by atoms with Crippen molar-refractivity contribution in [3.05, 3.63) is 58.3 Å². The first-order chi connectivity index (χ1) is 10.2. The summed E-state index contributed by atoms with van der Waals surface area (Å²) >= 11 is 3.39. The van der Waals surface area contributed by atoms with Gasteiger partial charge in [0.25, 0.3) is 0 Å². The van der Waals surface area contributed by atoms with Crippen LogP contribution in [0.3, 0.4) is 0 Å². The average Bonchev–Trinajstić information content (AvgIpc) is 2.44. The van der Waals surface area contributed by atoms with Crippen molar-refractivity contribution in [3.8, 4) is 5.75 Å². The SMILES string of the molecule is COc1cccc(C2CC(Nc3ccc(F)cc3Br)C2)c1. The van der Waals surface area contributed by atoms with Gasteiger partial charge in [-0.05, 0) is 70.6 Å². The fourth-order valence-corrected chi connectivity index (χ4v) is 3.20. The van der Waals surface area contributed by atoms with Crippen LogP contribution in [0.2, 0.25) is 0 Å². The molecule has 110 valence electrons. The van der Waals surface area contributed by atoms with Gasteiger partial charge in [-0.3, -0.25) is 0 Å². The second kappa shape index (κ2) is 6.06. The predicted octanol–water partition coefficient (Wildman–Crippen LogP) is 4.95. The summed E-state index contributed by atoms with van der Waals surface area (Å²) in [6.45, 7) is 0. The van der Waals surface area contributed by atoms with Gasteiger partial charge in [0.15, 0.2) is 0 Å². The third kappa shape index (κ3) is 3.21. The Bertz CT molecular complexity index is 640. The molecular formula is C17H17BrFNO. The van der Waals surface area contributed by atoms with Crippen molar-refractivity contribution in [2.45, 2.75) is 24.8 Å². The Balaban J connectivity index is 1.60. The van der Waals surface area contributed by atoms with Crippen LogP contribution in [-0.2, 0) is 0 Å². The maximum atomic E-state index is 13.1. The lowest BCUT2D eigenvalue weighted by molar-refractivity contribution is 0.370. The van der Waals surface area contributed by atoms with Gasteiger partial charge in [-0.2, -0.15) is 0 Å². The zero-order valence-corrected chi connectivity index (χ0v) is 13.4. The molecule has 4 heteroatoms. The highest BCUT2D eigenvalue weighted by Gasteiger charge is 2.30. The smallest absolute Gasteiger partial charge is 0.124 e. The normalized spacial score (nSPS) is 20.7. The molecule has 0 saturated heterocycles. The van der Waals surface area contributed by atoms with Crippen LogP contribution >= 0.6 is 15.9 Å². The molecule has 1 aliphatic rings. The molecule has 3 rings (SSSR count). The summed E-state index contributed by atoms with van der Waals surface area (Å²) in [7, 11) is 1.69. The van der Waals surface area contributed by atoms with Crippen LogP contribution in [-0.4, -0.2) is 13.2 Å². The molecule has 21 heavy (non-hydrogen) atoms. The van der Waals surface area contributed by atoms with Crippen LogP contribution in [0.1, 0.15) is 24.3 Å². The van der Waals surface area contributed by atoms with Gasteiger partial charge < -0.3 is 10.1 Å². The van der Waals surface area contributed by atoms with Crippen LogP contribution < -0.4 is 10.1 Å². The van der Waals surface area contributed by atoms with Gasteiger partial charge in [-0.25, -0.2) is 4.39 Å². The number of anilines is 1. The van der Waals surface area contributed by atoms with Crippen LogP contribution in [0, 0.1) is 5.82 Å². The van der Waals surface area contributed by atoms with Crippen molar-refractivity contribution < 1.29 is 9.13 Å². The van der Waals surface area contributed by atoms with Crippen molar-refractivity contribution in [1.82, 2.24) is 0 Å². The first-order valence-electron chi connectivity index (χ1n) is 7.01. The van der Waals surface area contributed by atoms with Crippen molar-refractivity contribution in [2.24, 2.45) is 0 Å². The largest absolute Gasteiger partial charge is 0.497 e. The van der Waals surface area contributed by atoms with Gasteiger partial charge in [0.2, 0.25) is 0 Å². The first kappa shape index (κ1) is 14.4. The standard InChI is InChI=1S/C17H17BrFNO/c1-21-15-4-2-3-11(9-15)12-7-14(8-12)20-17-6-5-13(19)10-16(17)18/h2-6,9-10,12,14,20H,7-8H2,1H3. The zero-order valence-electron chi connectivity index (χ0n) is 11.8. The molecule has 0 unspecified atom stereocenters. The fourth-order valence-electron chi connectivity index (χ4n) is 2.73. The second-order valence-corrected chi connectivity index (χ2v) is 6.26. The summed E-state index contributed by atoms with van der Waals surface area (Å²) in [5, 5.41) is 3.46. The summed E-state index contributed by atoms with van der Waals surface area (Å²) in [4.78, 5) is 0. The lowest BCUT2D eigenvalue weighted by atomic mass is 9.76. The van der Waals surface area contributed by atoms with E-state index >= 15 is 0 Å². The molecule has 1 N–H and O–H groups in total. The molecule has 0 aromatic heterocycles. The van der Waals surface area contributed by atoms with E-state index in [4.69, 9.17) is 4.74 Å². The number of methoxy groups -OCH3 is 1. The highest BCUT2D eigenvalue weighted by atomic mass is 79.9. The number of benzene rings is 2. The lowest BCUT2D eigenvalue weighted by Gasteiger charge is -2.37. The van der Waals surface area contributed by atoms with Crippen LogP contribution in [0.15, 0.2) is 46.9 Å². The van der Waals surface area contributed by atoms with E-state index in [1.807, 2.05) is 12.1 Å². The van der Waals surface area contributed by atoms with Crippen LogP contribution in [0.25, 0.3) is 0 Å². The Morgan fingerprint density at radius 1 is 1.19 bits per heavy atom. The van der Waals surface area contributed by atoms with E-state index in [0.29, 0.717) is 12.0 Å². The lowest BCUT2D eigenvalue weighted by Crippen LogP contribution is -2.34. The predicted molar refractivity (Wildman–Crippen MR) is 86.5 cm³/mol. The van der Waals surface area contributed by atoms with Crippen molar-refractivity contribution in [1.29, 1.82) is 0 Å². The van der Waals surface area contributed by atoms with Gasteiger partial charge in [0.05, 0.1) is 7.11 Å². The highest BCUT2D eigenvalue weighted by Crippen LogP contribution is 2.40. The van der Waals surface area contributed by atoms with E-state index in [1.165, 1.54) is 17.7 Å². The quantitative estimate of drug-likeness (QED) is 0.842. The molecule has 0 aliphatic heterocycles. The molecular weight excluding hydrogens is 333 g/mol. The molecule has 2 aromatic carbocycles. The number of nitrogens with one attached hydrogen (secondary N) is 1. The van der Waals surface area contributed by atoms with E-state index in [2.05, 4.69) is 33.4 Å². The third-order valence-corrected chi connectivity index (χ3v) is 4.65. The number of hydrogen-bond acceptors (Lipinski definition) is 2. The van der Waals surface area contributed by atoms with E-state index in [1.54, 1.807) is 13.2 Å². The summed E-state index contributed by atoms with van der Waals surface area (Å²) in [5.41, 5.74) is 2.27. The van der Waals surface area contributed by atoms with Crippen molar-refractivity contribution >= 4 is 21.6 Å². The minimum atomic E-state index is -0.227. The Morgan fingerprint density at radius 3 is 2.71 bits per heavy atom. The summed E-state index contributed by atoms with van der Waals surface area (Å²) in [5.74, 6) is 1.25. The van der Waals surface area contributed by atoms with E-state index < -0.39 is 0 Å². The van der Waals surface area contributed by atoms with Crippen LogP contribution in [0.4, 0.5) is 10.1 Å². The van der Waals surface area contributed by atoms with Gasteiger partial charge >= 0.3 is 0 Å². The molecule has 2 nitrogen and oxygen atoms in total. The number of hydrogen-bond donors (Lipinski definition) is 1. The van der Waals surface area contributed by atoms with E-state index in [9.17, 15) is 4.39 Å². The summed E-state index contributed by atoms with van der Waals surface area (Å²) in [6.07, 6.45) is 2.16. The molecule has 0 heterocycles. The molecule has 1 aliphatic carbocycles. The minimum Gasteiger partial charge on any atom is -0.497 e. The monoisotopic (exact) mass is 349 g/mol. The highest BCUT2D eigenvalue weighted by molar-refractivity contribution is 9.10. The maximum absolute atomic E-state index is 13.1. The van der Waals surface area contributed by atoms with Gasteiger partial charge in [0.1, 0.15) is 11.6 Å². The summed E-state index contributed by atoms with van der Waals surface area (Å²) < 4.78 is 19.1. The van der Waals surface area contributed by atoms with Crippen LogP contribution in [0.5, 0.6) is 5.75 Å². The zero-order chi connectivity index (χ0) is 14.8. The molecule has 0 bridgehead atoms. The first-order valence-corrected chi connectivity index (χ1v) is 7.80. The molecule has 1 fully saturated rings. The van der Waals surface area contributed by atoms with Crippen molar-refractivity contribution in [3.63, 3.8) is 0 Å². The number of ether oxygens (including phenoxy) is 1. The van der Waals surface area contributed by atoms with Gasteiger partial charge in [-0.1, -0.05) is 12.1 Å². The van der Waals surface area contributed by atoms with Crippen molar-refractivity contribution in [2.75, 3.05) is 12.4 Å². The van der Waals surface area contributed by atoms with E-state index in [-0.39, 0.29) is 5.82 Å². The second-order valence-electron chi connectivity index (χ2n) is 5.41. The molecule has 0 amide bonds. The summed E-state index contributed by atoms with van der Waals surface area (Å²) in [6, 6.07) is 13.4. The van der Waals surface area contributed by atoms with Gasteiger partial charge in [-0.15, -0.1) is 0 Å². The Kier molecular flexibility index (Phi) is 4.15. The van der Waals surface area contributed by atoms with E-state index in [0.717, 1.165) is 28.8 Å². The number of rotatable bonds is 4. The average molecular weight is 350 g/mol. The Hall–Kier alpha value is -1.55. The molecule has 0 atom stereocenters. The molecule has 1 saturated carbocycles. The Labute approximate surface area is 132 Å². The topological polar surface area (TPSA) is 21.3 Å².